The molecular formula is C25H24F6N6O. The van der Waals surface area contributed by atoms with Gasteiger partial charge in [-0.05, 0) is 43.7 Å². The summed E-state index contributed by atoms with van der Waals surface area (Å²) in [5.41, 5.74) is -1.49. The van der Waals surface area contributed by atoms with E-state index in [1.165, 1.54) is 7.05 Å². The van der Waals surface area contributed by atoms with Crippen LogP contribution in [-0.4, -0.2) is 49.0 Å². The first-order valence-electron chi connectivity index (χ1n) is 11.8. The molecule has 1 fully saturated rings. The summed E-state index contributed by atoms with van der Waals surface area (Å²) in [6.45, 7) is -1.57. The lowest BCUT2D eigenvalue weighted by molar-refractivity contribution is -0.144. The number of alkyl halides is 6. The average Bonchev–Trinajstić information content (AvgIpc) is 3.38. The first-order chi connectivity index (χ1) is 17.8. The highest BCUT2D eigenvalue weighted by Crippen LogP contribution is 2.48. The smallest absolute Gasteiger partial charge is 0.353 e. The van der Waals surface area contributed by atoms with E-state index in [2.05, 4.69) is 15.2 Å². The van der Waals surface area contributed by atoms with Crippen molar-refractivity contribution in [2.75, 3.05) is 13.6 Å². The van der Waals surface area contributed by atoms with Crippen molar-refractivity contribution in [3.63, 3.8) is 0 Å². The van der Waals surface area contributed by atoms with Crippen LogP contribution in [0.15, 0.2) is 47.7 Å². The predicted molar refractivity (Wildman–Crippen MR) is 127 cm³/mol. The minimum Gasteiger partial charge on any atom is -0.353 e. The minimum absolute atomic E-state index is 0.0663. The average molecular weight is 538 g/mol. The van der Waals surface area contributed by atoms with Crippen molar-refractivity contribution < 1.29 is 26.3 Å². The van der Waals surface area contributed by atoms with Crippen LogP contribution in [-0.2, 0) is 25.2 Å². The molecule has 3 aromatic heterocycles. The summed E-state index contributed by atoms with van der Waals surface area (Å²) in [5, 5.41) is 7.84. The van der Waals surface area contributed by atoms with E-state index in [0.717, 1.165) is 52.4 Å². The van der Waals surface area contributed by atoms with Gasteiger partial charge in [0.1, 0.15) is 17.7 Å². The van der Waals surface area contributed by atoms with Crippen LogP contribution in [0, 0.1) is 0 Å². The second kappa shape index (κ2) is 9.00. The maximum atomic E-state index is 14.1. The molecule has 38 heavy (non-hydrogen) atoms. The molecule has 13 heteroatoms. The quantitative estimate of drug-likeness (QED) is 0.354. The van der Waals surface area contributed by atoms with Crippen LogP contribution in [0.3, 0.4) is 0 Å². The number of aromatic amines is 1. The fraction of sp³-hybridized carbons (Fsp3) is 0.400. The fourth-order valence-electron chi connectivity index (χ4n) is 5.27. The Bertz CT molecular complexity index is 1540. The van der Waals surface area contributed by atoms with Gasteiger partial charge in [0.15, 0.2) is 0 Å². The number of aromatic nitrogens is 5. The van der Waals surface area contributed by atoms with Gasteiger partial charge in [0.2, 0.25) is 0 Å². The summed E-state index contributed by atoms with van der Waals surface area (Å²) < 4.78 is 83.2. The number of benzene rings is 1. The monoisotopic (exact) mass is 538 g/mol. The Labute approximate surface area is 212 Å². The highest BCUT2D eigenvalue weighted by Gasteiger charge is 2.44. The molecule has 0 amide bonds. The van der Waals surface area contributed by atoms with Crippen LogP contribution in [0.1, 0.15) is 41.9 Å². The van der Waals surface area contributed by atoms with Gasteiger partial charge < -0.3 is 9.55 Å². The lowest BCUT2D eigenvalue weighted by atomic mass is 9.63. The molecule has 0 bridgehead atoms. The number of rotatable bonds is 6. The Kier molecular flexibility index (Phi) is 6.16. The Morgan fingerprint density at radius 3 is 2.45 bits per heavy atom. The largest absolute Gasteiger partial charge is 0.418 e. The molecule has 1 aliphatic carbocycles. The molecule has 0 aliphatic heterocycles. The molecule has 0 radical (unpaired) electrons. The number of hydrogen-bond acceptors (Lipinski definition) is 4. The third-order valence-electron chi connectivity index (χ3n) is 7.07. The summed E-state index contributed by atoms with van der Waals surface area (Å²) in [6, 6.07) is 7.85. The normalized spacial score (nSPS) is 15.8. The van der Waals surface area contributed by atoms with Crippen molar-refractivity contribution in [3.8, 4) is 5.69 Å². The zero-order valence-electron chi connectivity index (χ0n) is 20.5. The van der Waals surface area contributed by atoms with Gasteiger partial charge in [-0.15, -0.1) is 10.2 Å². The van der Waals surface area contributed by atoms with Crippen LogP contribution in [0.5, 0.6) is 0 Å². The molecule has 0 saturated heterocycles. The van der Waals surface area contributed by atoms with E-state index in [1.54, 1.807) is 24.5 Å². The Morgan fingerprint density at radius 1 is 1.13 bits per heavy atom. The zero-order chi connectivity index (χ0) is 27.5. The lowest BCUT2D eigenvalue weighted by Gasteiger charge is -2.41. The van der Waals surface area contributed by atoms with Gasteiger partial charge >= 0.3 is 12.4 Å². The second-order valence-corrected chi connectivity index (χ2v) is 9.84. The molecule has 0 atom stereocenters. The van der Waals surface area contributed by atoms with E-state index < -0.39 is 35.4 Å². The molecule has 1 saturated carbocycles. The van der Waals surface area contributed by atoms with E-state index in [0.29, 0.717) is 0 Å². The molecule has 0 spiro atoms. The zero-order valence-corrected chi connectivity index (χ0v) is 20.5. The van der Waals surface area contributed by atoms with Gasteiger partial charge in [-0.25, -0.2) is 0 Å². The molecule has 1 N–H and O–H groups in total. The summed E-state index contributed by atoms with van der Waals surface area (Å²) in [5.74, 6) is 0.733. The summed E-state index contributed by atoms with van der Waals surface area (Å²) in [4.78, 5) is 17.0. The maximum Gasteiger partial charge on any atom is 0.418 e. The van der Waals surface area contributed by atoms with Crippen molar-refractivity contribution in [1.29, 1.82) is 0 Å². The second-order valence-electron chi connectivity index (χ2n) is 9.84. The predicted octanol–water partition coefficient (Wildman–Crippen LogP) is 4.93. The first-order valence-corrected chi connectivity index (χ1v) is 11.8. The van der Waals surface area contributed by atoms with E-state index in [-0.39, 0.29) is 28.8 Å². The Morgan fingerprint density at radius 2 is 1.87 bits per heavy atom. The van der Waals surface area contributed by atoms with Crippen molar-refractivity contribution in [2.24, 2.45) is 7.05 Å². The van der Waals surface area contributed by atoms with Crippen LogP contribution in [0.25, 0.3) is 16.6 Å². The molecule has 1 aromatic carbocycles. The molecule has 3 heterocycles. The molecular weight excluding hydrogens is 514 g/mol. The summed E-state index contributed by atoms with van der Waals surface area (Å²) in [6.07, 6.45) is -4.46. The number of halogens is 6. The number of nitrogens with zero attached hydrogens (tertiary/aromatic N) is 5. The van der Waals surface area contributed by atoms with E-state index >= 15 is 0 Å². The highest BCUT2D eigenvalue weighted by molar-refractivity contribution is 5.84. The first kappa shape index (κ1) is 26.0. The third kappa shape index (κ3) is 4.59. The molecule has 202 valence electrons. The SMILES string of the molecule is CN(Cc1cc2c(C(F)(F)F)cn(-c3cccc(C4(c5nncn5C)CCC4)c3)c(=O)c2[nH]1)CC(F)(F)F. The highest BCUT2D eigenvalue weighted by atomic mass is 19.4. The van der Waals surface area contributed by atoms with Crippen molar-refractivity contribution in [2.45, 2.75) is 43.6 Å². The van der Waals surface area contributed by atoms with Gasteiger partial charge in [-0.2, -0.15) is 26.3 Å². The van der Waals surface area contributed by atoms with Crippen LogP contribution in [0.2, 0.25) is 0 Å². The molecule has 4 aromatic rings. The van der Waals surface area contributed by atoms with Crippen molar-refractivity contribution in [3.05, 3.63) is 75.9 Å². The van der Waals surface area contributed by atoms with Crippen LogP contribution < -0.4 is 5.56 Å². The standard InChI is InChI=1S/C25H24F6N6O/c1-35(13-24(26,27)28)11-16-10-18-19(25(29,30)31)12-37(21(38)20(18)33-16)17-6-3-5-15(9-17)23(7-4-8-23)22-34-32-14-36(22)2/h3,5-6,9-10,12,14,33H,4,7-8,11,13H2,1-2H3. The molecule has 1 aliphatic rings. The van der Waals surface area contributed by atoms with Gasteiger partial charge in [0.25, 0.3) is 5.56 Å². The third-order valence-corrected chi connectivity index (χ3v) is 7.07. The van der Waals surface area contributed by atoms with Gasteiger partial charge in [0, 0.05) is 36.6 Å². The Balaban J connectivity index is 1.61. The van der Waals surface area contributed by atoms with E-state index in [1.807, 2.05) is 17.7 Å². The van der Waals surface area contributed by atoms with Gasteiger partial charge in [0.05, 0.1) is 17.5 Å². The minimum atomic E-state index is -4.81. The van der Waals surface area contributed by atoms with E-state index in [4.69, 9.17) is 0 Å². The van der Waals surface area contributed by atoms with Crippen molar-refractivity contribution in [1.82, 2.24) is 29.2 Å². The van der Waals surface area contributed by atoms with Crippen LogP contribution in [0.4, 0.5) is 26.3 Å². The maximum absolute atomic E-state index is 14.1. The summed E-state index contributed by atoms with van der Waals surface area (Å²) >= 11 is 0. The topological polar surface area (TPSA) is 71.7 Å². The number of nitrogens with one attached hydrogen (secondary N) is 1. The molecule has 7 nitrogen and oxygen atoms in total. The van der Waals surface area contributed by atoms with Crippen LogP contribution >= 0.6 is 0 Å². The number of fused-ring (bicyclic) bond motifs is 1. The number of H-pyrrole nitrogens is 1. The molecule has 5 rings (SSSR count). The van der Waals surface area contributed by atoms with E-state index in [9.17, 15) is 31.1 Å². The van der Waals surface area contributed by atoms with Gasteiger partial charge in [-0.1, -0.05) is 18.6 Å². The number of hydrogen-bond donors (Lipinski definition) is 1. The Hall–Kier alpha value is -3.61. The fourth-order valence-corrected chi connectivity index (χ4v) is 5.27. The molecule has 0 unspecified atom stereocenters. The number of aryl methyl sites for hydroxylation is 1. The lowest BCUT2D eigenvalue weighted by Crippen LogP contribution is -2.38. The number of pyridine rings is 1. The van der Waals surface area contributed by atoms with Gasteiger partial charge in [-0.3, -0.25) is 14.3 Å². The van der Waals surface area contributed by atoms with Crippen molar-refractivity contribution >= 4 is 10.9 Å². The summed E-state index contributed by atoms with van der Waals surface area (Å²) in [7, 11) is 3.02.